The minimum Gasteiger partial charge on any atom is -0.337 e. The van der Waals surface area contributed by atoms with Gasteiger partial charge in [-0.25, -0.2) is 0 Å². The van der Waals surface area contributed by atoms with Crippen molar-refractivity contribution < 1.29 is 4.79 Å². The first kappa shape index (κ1) is 14.1. The van der Waals surface area contributed by atoms with Crippen LogP contribution in [-0.2, 0) is 6.42 Å². The highest BCUT2D eigenvalue weighted by Crippen LogP contribution is 2.19. The maximum Gasteiger partial charge on any atom is 0.254 e. The van der Waals surface area contributed by atoms with E-state index in [4.69, 9.17) is 0 Å². The Kier molecular flexibility index (Phi) is 4.59. The van der Waals surface area contributed by atoms with Crippen LogP contribution in [0.2, 0.25) is 0 Å². The Labute approximate surface area is 116 Å². The number of nitrogens with one attached hydrogen (secondary N) is 1. The summed E-state index contributed by atoms with van der Waals surface area (Å²) in [5.41, 5.74) is 2.07. The summed E-state index contributed by atoms with van der Waals surface area (Å²) in [4.78, 5) is 14.5. The van der Waals surface area contributed by atoms with E-state index in [-0.39, 0.29) is 5.91 Å². The van der Waals surface area contributed by atoms with Crippen molar-refractivity contribution in [2.24, 2.45) is 5.92 Å². The van der Waals surface area contributed by atoms with Crippen molar-refractivity contribution in [1.82, 2.24) is 10.2 Å². The first-order valence-corrected chi connectivity index (χ1v) is 7.24. The molecule has 0 aromatic heterocycles. The molecule has 0 fully saturated rings. The first-order valence-electron chi connectivity index (χ1n) is 7.24. The molecule has 3 heteroatoms. The fourth-order valence-electron chi connectivity index (χ4n) is 2.66. The van der Waals surface area contributed by atoms with Gasteiger partial charge in [-0.05, 0) is 30.5 Å². The van der Waals surface area contributed by atoms with E-state index in [1.807, 2.05) is 23.1 Å². The fraction of sp³-hybridized carbons (Fsp3) is 0.562. The van der Waals surface area contributed by atoms with Gasteiger partial charge in [-0.15, -0.1) is 0 Å². The molecule has 0 bridgehead atoms. The van der Waals surface area contributed by atoms with Crippen molar-refractivity contribution in [2.75, 3.05) is 19.6 Å². The van der Waals surface area contributed by atoms with Gasteiger partial charge in [0.1, 0.15) is 0 Å². The van der Waals surface area contributed by atoms with Crippen LogP contribution in [0.3, 0.4) is 0 Å². The smallest absolute Gasteiger partial charge is 0.254 e. The van der Waals surface area contributed by atoms with E-state index < -0.39 is 0 Å². The SMILES string of the molecule is CCNC(CN1CCc2ccccc2C1=O)C(C)C. The number of carbonyl (C=O) groups is 1. The number of carbonyl (C=O) groups excluding carboxylic acids is 1. The van der Waals surface area contributed by atoms with E-state index in [1.54, 1.807) is 0 Å². The van der Waals surface area contributed by atoms with Gasteiger partial charge >= 0.3 is 0 Å². The minimum absolute atomic E-state index is 0.186. The third-order valence-electron chi connectivity index (χ3n) is 3.87. The Bertz CT molecular complexity index is 442. The Morgan fingerprint density at radius 2 is 2.05 bits per heavy atom. The molecular formula is C16H24N2O. The molecule has 0 aliphatic carbocycles. The van der Waals surface area contributed by atoms with Crippen LogP contribution in [0, 0.1) is 5.92 Å². The summed E-state index contributed by atoms with van der Waals surface area (Å²) >= 11 is 0. The molecule has 2 rings (SSSR count). The van der Waals surface area contributed by atoms with Crippen LogP contribution in [0.25, 0.3) is 0 Å². The monoisotopic (exact) mass is 260 g/mol. The normalized spacial score (nSPS) is 16.6. The molecule has 104 valence electrons. The van der Waals surface area contributed by atoms with Gasteiger partial charge in [-0.1, -0.05) is 39.0 Å². The van der Waals surface area contributed by atoms with Crippen molar-refractivity contribution in [3.63, 3.8) is 0 Å². The molecule has 1 aromatic carbocycles. The van der Waals surface area contributed by atoms with Crippen LogP contribution in [0.1, 0.15) is 36.7 Å². The lowest BCUT2D eigenvalue weighted by Gasteiger charge is -2.33. The van der Waals surface area contributed by atoms with Gasteiger partial charge < -0.3 is 10.2 Å². The van der Waals surface area contributed by atoms with Gasteiger partial charge in [0.25, 0.3) is 5.91 Å². The van der Waals surface area contributed by atoms with Gasteiger partial charge in [0.05, 0.1) is 0 Å². The summed E-state index contributed by atoms with van der Waals surface area (Å²) < 4.78 is 0. The Balaban J connectivity index is 2.09. The first-order chi connectivity index (χ1) is 9.13. The van der Waals surface area contributed by atoms with E-state index >= 15 is 0 Å². The van der Waals surface area contributed by atoms with E-state index in [0.717, 1.165) is 31.6 Å². The van der Waals surface area contributed by atoms with Crippen LogP contribution in [0.15, 0.2) is 24.3 Å². The van der Waals surface area contributed by atoms with Gasteiger partial charge in [-0.2, -0.15) is 0 Å². The Morgan fingerprint density at radius 1 is 1.32 bits per heavy atom. The summed E-state index contributed by atoms with van der Waals surface area (Å²) in [5, 5.41) is 3.48. The molecule has 1 atom stereocenters. The topological polar surface area (TPSA) is 32.3 Å². The van der Waals surface area contributed by atoms with Crippen molar-refractivity contribution in [3.05, 3.63) is 35.4 Å². The number of amides is 1. The Hall–Kier alpha value is -1.35. The predicted molar refractivity (Wildman–Crippen MR) is 78.4 cm³/mol. The predicted octanol–water partition coefficient (Wildman–Crippen LogP) is 2.32. The average Bonchev–Trinajstić information content (AvgIpc) is 2.41. The third-order valence-corrected chi connectivity index (χ3v) is 3.87. The van der Waals surface area contributed by atoms with Gasteiger partial charge in [0.2, 0.25) is 0 Å². The van der Waals surface area contributed by atoms with Crippen molar-refractivity contribution in [2.45, 2.75) is 33.2 Å². The maximum atomic E-state index is 12.5. The van der Waals surface area contributed by atoms with Crippen molar-refractivity contribution in [3.8, 4) is 0 Å². The molecule has 19 heavy (non-hydrogen) atoms. The van der Waals surface area contributed by atoms with E-state index in [2.05, 4.69) is 32.2 Å². The van der Waals surface area contributed by atoms with Crippen molar-refractivity contribution >= 4 is 5.91 Å². The van der Waals surface area contributed by atoms with Crippen LogP contribution in [0.4, 0.5) is 0 Å². The number of fused-ring (bicyclic) bond motifs is 1. The van der Waals surface area contributed by atoms with Crippen LogP contribution in [-0.4, -0.2) is 36.5 Å². The third kappa shape index (κ3) is 3.16. The van der Waals surface area contributed by atoms with Crippen molar-refractivity contribution in [1.29, 1.82) is 0 Å². The number of hydrogen-bond donors (Lipinski definition) is 1. The second-order valence-electron chi connectivity index (χ2n) is 5.57. The lowest BCUT2D eigenvalue weighted by Crippen LogP contribution is -2.48. The summed E-state index contributed by atoms with van der Waals surface area (Å²) in [5.74, 6) is 0.718. The lowest BCUT2D eigenvalue weighted by molar-refractivity contribution is 0.0711. The van der Waals surface area contributed by atoms with Gasteiger partial charge in [0, 0.05) is 24.7 Å². The second kappa shape index (κ2) is 6.20. The zero-order chi connectivity index (χ0) is 13.8. The molecule has 1 aromatic rings. The summed E-state index contributed by atoms with van der Waals surface area (Å²) in [6.45, 7) is 9.11. The summed E-state index contributed by atoms with van der Waals surface area (Å²) in [6, 6.07) is 8.34. The highest BCUT2D eigenvalue weighted by Gasteiger charge is 2.26. The molecular weight excluding hydrogens is 236 g/mol. The molecule has 1 aliphatic heterocycles. The maximum absolute atomic E-state index is 12.5. The molecule has 1 unspecified atom stereocenters. The van der Waals surface area contributed by atoms with Gasteiger partial charge in [0.15, 0.2) is 0 Å². The molecule has 1 amide bonds. The highest BCUT2D eigenvalue weighted by atomic mass is 16.2. The second-order valence-corrected chi connectivity index (χ2v) is 5.57. The molecule has 0 saturated heterocycles. The molecule has 1 aliphatic rings. The molecule has 3 nitrogen and oxygen atoms in total. The Morgan fingerprint density at radius 3 is 2.74 bits per heavy atom. The fourth-order valence-corrected chi connectivity index (χ4v) is 2.66. The molecule has 1 heterocycles. The number of hydrogen-bond acceptors (Lipinski definition) is 2. The number of nitrogens with zero attached hydrogens (tertiary/aromatic N) is 1. The highest BCUT2D eigenvalue weighted by molar-refractivity contribution is 5.96. The minimum atomic E-state index is 0.186. The molecule has 1 N–H and O–H groups in total. The summed E-state index contributed by atoms with van der Waals surface area (Å²) in [7, 11) is 0. The van der Waals surface area contributed by atoms with Crippen LogP contribution < -0.4 is 5.32 Å². The lowest BCUT2D eigenvalue weighted by atomic mass is 9.97. The molecule has 0 radical (unpaired) electrons. The standard InChI is InChI=1S/C16H24N2O/c1-4-17-15(12(2)3)11-18-10-9-13-7-5-6-8-14(13)16(18)19/h5-8,12,15,17H,4,9-11H2,1-3H3. The van der Waals surface area contributed by atoms with E-state index in [9.17, 15) is 4.79 Å². The van der Waals surface area contributed by atoms with Crippen LogP contribution in [0.5, 0.6) is 0 Å². The van der Waals surface area contributed by atoms with E-state index in [0.29, 0.717) is 12.0 Å². The number of likely N-dealkylation sites (N-methyl/N-ethyl adjacent to an activating group) is 1. The van der Waals surface area contributed by atoms with Gasteiger partial charge in [-0.3, -0.25) is 4.79 Å². The average molecular weight is 260 g/mol. The molecule has 0 spiro atoms. The molecule has 0 saturated carbocycles. The summed E-state index contributed by atoms with van der Waals surface area (Å²) in [6.07, 6.45) is 0.971. The quantitative estimate of drug-likeness (QED) is 0.881. The number of benzene rings is 1. The zero-order valence-electron chi connectivity index (χ0n) is 12.1. The van der Waals surface area contributed by atoms with Crippen LogP contribution >= 0.6 is 0 Å². The number of rotatable bonds is 5. The van der Waals surface area contributed by atoms with E-state index in [1.165, 1.54) is 5.56 Å². The zero-order valence-corrected chi connectivity index (χ0v) is 12.1. The largest absolute Gasteiger partial charge is 0.337 e.